The molecule has 0 aliphatic rings. The number of carbonyl (C=O) groups excluding carboxylic acids is 1. The SMILES string of the molecule is CCOC(=O)c1nn(C(C)c2ccccc2)c2ncccc12. The van der Waals surface area contributed by atoms with Crippen LogP contribution in [0.15, 0.2) is 48.7 Å². The quantitative estimate of drug-likeness (QED) is 0.693. The highest BCUT2D eigenvalue weighted by atomic mass is 16.5. The van der Waals surface area contributed by atoms with Gasteiger partial charge in [0.2, 0.25) is 0 Å². The highest BCUT2D eigenvalue weighted by Crippen LogP contribution is 2.24. The lowest BCUT2D eigenvalue weighted by atomic mass is 10.1. The summed E-state index contributed by atoms with van der Waals surface area (Å²) in [6, 6.07) is 13.6. The van der Waals surface area contributed by atoms with Crippen molar-refractivity contribution in [2.45, 2.75) is 19.9 Å². The second kappa shape index (κ2) is 5.97. The van der Waals surface area contributed by atoms with Crippen LogP contribution in [0.5, 0.6) is 0 Å². The first-order valence-electron chi connectivity index (χ1n) is 7.27. The Morgan fingerprint density at radius 3 is 2.73 bits per heavy atom. The topological polar surface area (TPSA) is 57.0 Å². The third-order valence-corrected chi connectivity index (χ3v) is 3.58. The third kappa shape index (κ3) is 2.45. The van der Waals surface area contributed by atoms with Crippen molar-refractivity contribution < 1.29 is 9.53 Å². The molecular weight excluding hydrogens is 278 g/mol. The summed E-state index contributed by atoms with van der Waals surface area (Å²) < 4.78 is 6.87. The zero-order chi connectivity index (χ0) is 15.5. The average Bonchev–Trinajstić information content (AvgIpc) is 2.95. The maximum atomic E-state index is 12.1. The van der Waals surface area contributed by atoms with E-state index in [2.05, 4.69) is 10.1 Å². The summed E-state index contributed by atoms with van der Waals surface area (Å²) in [6.45, 7) is 4.13. The number of hydrogen-bond donors (Lipinski definition) is 0. The van der Waals surface area contributed by atoms with Gasteiger partial charge in [-0.1, -0.05) is 30.3 Å². The maximum Gasteiger partial charge on any atom is 0.359 e. The summed E-state index contributed by atoms with van der Waals surface area (Å²) >= 11 is 0. The van der Waals surface area contributed by atoms with E-state index in [-0.39, 0.29) is 6.04 Å². The van der Waals surface area contributed by atoms with E-state index >= 15 is 0 Å². The van der Waals surface area contributed by atoms with Crippen molar-refractivity contribution in [3.63, 3.8) is 0 Å². The minimum absolute atomic E-state index is 0.0261. The van der Waals surface area contributed by atoms with E-state index in [0.29, 0.717) is 23.3 Å². The number of nitrogens with zero attached hydrogens (tertiary/aromatic N) is 3. The Balaban J connectivity index is 2.12. The zero-order valence-electron chi connectivity index (χ0n) is 12.6. The summed E-state index contributed by atoms with van der Waals surface area (Å²) in [5.41, 5.74) is 2.10. The van der Waals surface area contributed by atoms with E-state index in [0.717, 1.165) is 5.56 Å². The van der Waals surface area contributed by atoms with Gasteiger partial charge in [-0.2, -0.15) is 5.10 Å². The Labute approximate surface area is 128 Å². The monoisotopic (exact) mass is 295 g/mol. The van der Waals surface area contributed by atoms with Crippen molar-refractivity contribution in [2.24, 2.45) is 0 Å². The zero-order valence-corrected chi connectivity index (χ0v) is 12.6. The van der Waals surface area contributed by atoms with Gasteiger partial charge in [-0.15, -0.1) is 0 Å². The standard InChI is InChI=1S/C17H17N3O2/c1-3-22-17(21)15-14-10-7-11-18-16(14)20(19-15)12(2)13-8-5-4-6-9-13/h4-12H,3H2,1-2H3. The fraction of sp³-hybridized carbons (Fsp3) is 0.235. The van der Waals surface area contributed by atoms with Crippen LogP contribution in [-0.2, 0) is 4.74 Å². The number of pyridine rings is 1. The van der Waals surface area contributed by atoms with E-state index in [1.165, 1.54) is 0 Å². The van der Waals surface area contributed by atoms with Gasteiger partial charge in [0.15, 0.2) is 11.3 Å². The first-order chi connectivity index (χ1) is 10.7. The molecular formula is C17H17N3O2. The minimum Gasteiger partial charge on any atom is -0.461 e. The number of hydrogen-bond acceptors (Lipinski definition) is 4. The molecule has 1 aromatic carbocycles. The molecule has 2 heterocycles. The molecule has 0 saturated heterocycles. The van der Waals surface area contributed by atoms with E-state index in [9.17, 15) is 4.79 Å². The van der Waals surface area contributed by atoms with Gasteiger partial charge in [0.25, 0.3) is 0 Å². The molecule has 3 aromatic rings. The van der Waals surface area contributed by atoms with Crippen LogP contribution >= 0.6 is 0 Å². The van der Waals surface area contributed by atoms with Gasteiger partial charge in [-0.3, -0.25) is 0 Å². The Morgan fingerprint density at radius 2 is 2.00 bits per heavy atom. The summed E-state index contributed by atoms with van der Waals surface area (Å²) in [7, 11) is 0. The number of fused-ring (bicyclic) bond motifs is 1. The van der Waals surface area contributed by atoms with Gasteiger partial charge in [-0.25, -0.2) is 14.5 Å². The largest absolute Gasteiger partial charge is 0.461 e. The highest BCUT2D eigenvalue weighted by molar-refractivity contribution is 6.01. The van der Waals surface area contributed by atoms with Crippen LogP contribution in [0, 0.1) is 0 Å². The predicted molar refractivity (Wildman–Crippen MR) is 83.7 cm³/mol. The number of aromatic nitrogens is 3. The first-order valence-corrected chi connectivity index (χ1v) is 7.27. The van der Waals surface area contributed by atoms with Crippen LogP contribution in [-0.4, -0.2) is 27.3 Å². The van der Waals surface area contributed by atoms with Gasteiger partial charge in [-0.05, 0) is 31.5 Å². The van der Waals surface area contributed by atoms with Crippen LogP contribution in [0.25, 0.3) is 11.0 Å². The van der Waals surface area contributed by atoms with Crippen molar-refractivity contribution in [3.05, 3.63) is 59.9 Å². The van der Waals surface area contributed by atoms with Crippen molar-refractivity contribution in [1.82, 2.24) is 14.8 Å². The molecule has 5 nitrogen and oxygen atoms in total. The second-order valence-corrected chi connectivity index (χ2v) is 4.97. The van der Waals surface area contributed by atoms with Gasteiger partial charge < -0.3 is 4.74 Å². The molecule has 0 aliphatic heterocycles. The lowest BCUT2D eigenvalue weighted by Gasteiger charge is -2.13. The number of benzene rings is 1. The third-order valence-electron chi connectivity index (χ3n) is 3.58. The maximum absolute atomic E-state index is 12.1. The molecule has 1 unspecified atom stereocenters. The number of rotatable bonds is 4. The molecule has 0 bridgehead atoms. The smallest absolute Gasteiger partial charge is 0.359 e. The van der Waals surface area contributed by atoms with Crippen LogP contribution < -0.4 is 0 Å². The van der Waals surface area contributed by atoms with Gasteiger partial charge >= 0.3 is 5.97 Å². The molecule has 0 spiro atoms. The van der Waals surface area contributed by atoms with E-state index in [1.807, 2.05) is 43.3 Å². The summed E-state index contributed by atoms with van der Waals surface area (Å²) in [5.74, 6) is -0.417. The van der Waals surface area contributed by atoms with Crippen LogP contribution in [0.3, 0.4) is 0 Å². The van der Waals surface area contributed by atoms with Crippen LogP contribution in [0.4, 0.5) is 0 Å². The lowest BCUT2D eigenvalue weighted by Crippen LogP contribution is -2.11. The van der Waals surface area contributed by atoms with Crippen molar-refractivity contribution >= 4 is 17.0 Å². The van der Waals surface area contributed by atoms with E-state index in [4.69, 9.17) is 4.74 Å². The molecule has 112 valence electrons. The Morgan fingerprint density at radius 1 is 1.23 bits per heavy atom. The number of ether oxygens (including phenoxy) is 1. The van der Waals surface area contributed by atoms with E-state index < -0.39 is 5.97 Å². The Kier molecular flexibility index (Phi) is 3.87. The highest BCUT2D eigenvalue weighted by Gasteiger charge is 2.21. The fourth-order valence-electron chi connectivity index (χ4n) is 2.47. The molecule has 5 heteroatoms. The van der Waals surface area contributed by atoms with Gasteiger partial charge in [0, 0.05) is 6.20 Å². The number of esters is 1. The lowest BCUT2D eigenvalue weighted by molar-refractivity contribution is 0.0520. The predicted octanol–water partition coefficient (Wildman–Crippen LogP) is 3.22. The molecule has 22 heavy (non-hydrogen) atoms. The molecule has 0 radical (unpaired) electrons. The summed E-state index contributed by atoms with van der Waals surface area (Å²) in [4.78, 5) is 16.5. The molecule has 2 aromatic heterocycles. The van der Waals surface area contributed by atoms with Crippen molar-refractivity contribution in [2.75, 3.05) is 6.61 Å². The normalized spacial score (nSPS) is 12.3. The molecule has 0 saturated carbocycles. The molecule has 3 rings (SSSR count). The summed E-state index contributed by atoms with van der Waals surface area (Å²) in [5, 5.41) is 5.18. The second-order valence-electron chi connectivity index (χ2n) is 4.97. The molecule has 0 fully saturated rings. The minimum atomic E-state index is -0.417. The van der Waals surface area contributed by atoms with Crippen LogP contribution in [0.2, 0.25) is 0 Å². The molecule has 0 aliphatic carbocycles. The molecule has 0 amide bonds. The number of carbonyl (C=O) groups is 1. The fourth-order valence-corrected chi connectivity index (χ4v) is 2.47. The summed E-state index contributed by atoms with van der Waals surface area (Å²) in [6.07, 6.45) is 1.70. The van der Waals surface area contributed by atoms with Crippen LogP contribution in [0.1, 0.15) is 35.9 Å². The van der Waals surface area contributed by atoms with Crippen molar-refractivity contribution in [1.29, 1.82) is 0 Å². The first kappa shape index (κ1) is 14.3. The van der Waals surface area contributed by atoms with Gasteiger partial charge in [0.1, 0.15) is 0 Å². The van der Waals surface area contributed by atoms with E-state index in [1.54, 1.807) is 23.9 Å². The molecule has 0 N–H and O–H groups in total. The van der Waals surface area contributed by atoms with Crippen molar-refractivity contribution in [3.8, 4) is 0 Å². The average molecular weight is 295 g/mol. The Hall–Kier alpha value is -2.69. The van der Waals surface area contributed by atoms with Gasteiger partial charge in [0.05, 0.1) is 18.0 Å². The molecule has 1 atom stereocenters. The Bertz CT molecular complexity index is 796.